The van der Waals surface area contributed by atoms with Gasteiger partial charge >= 0.3 is 0 Å². The Balaban J connectivity index is 2.19. The zero-order chi connectivity index (χ0) is 15.2. The fourth-order valence-corrected chi connectivity index (χ4v) is 2.48. The molecule has 0 aliphatic carbocycles. The molecule has 0 bridgehead atoms. The quantitative estimate of drug-likeness (QED) is 0.878. The number of pyridine rings is 1. The Labute approximate surface area is 127 Å². The van der Waals surface area contributed by atoms with Crippen LogP contribution < -0.4 is 10.1 Å². The predicted octanol–water partition coefficient (Wildman–Crippen LogP) is 3.72. The van der Waals surface area contributed by atoms with E-state index in [2.05, 4.69) is 54.5 Å². The van der Waals surface area contributed by atoms with Gasteiger partial charge in [0.2, 0.25) is 5.88 Å². The number of hydrogen-bond acceptors (Lipinski definition) is 3. The molecule has 1 N–H and O–H groups in total. The number of nitrogens with zero attached hydrogens (tertiary/aromatic N) is 1. The Kier molecular flexibility index (Phi) is 5.34. The predicted molar refractivity (Wildman–Crippen MR) is 86.8 cm³/mol. The third-order valence-corrected chi connectivity index (χ3v) is 3.80. The monoisotopic (exact) mass is 284 g/mol. The van der Waals surface area contributed by atoms with Gasteiger partial charge in [-0.05, 0) is 36.6 Å². The normalized spacial score (nSPS) is 12.4. The van der Waals surface area contributed by atoms with Crippen LogP contribution in [0.5, 0.6) is 5.88 Å². The number of methoxy groups -OCH3 is 1. The summed E-state index contributed by atoms with van der Waals surface area (Å²) in [5, 5.41) is 3.36. The summed E-state index contributed by atoms with van der Waals surface area (Å²) in [4.78, 5) is 4.28. The highest BCUT2D eigenvalue weighted by Gasteiger charge is 2.15. The highest BCUT2D eigenvalue weighted by molar-refractivity contribution is 5.32. The lowest BCUT2D eigenvalue weighted by Gasteiger charge is -2.19. The van der Waals surface area contributed by atoms with E-state index in [9.17, 15) is 0 Å². The van der Waals surface area contributed by atoms with Crippen molar-refractivity contribution < 1.29 is 4.74 Å². The molecule has 0 aliphatic heterocycles. The van der Waals surface area contributed by atoms with Crippen LogP contribution in [0.4, 0.5) is 0 Å². The summed E-state index contributed by atoms with van der Waals surface area (Å²) in [6.45, 7) is 4.43. The van der Waals surface area contributed by atoms with E-state index < -0.39 is 0 Å². The number of benzene rings is 1. The summed E-state index contributed by atoms with van der Waals surface area (Å²) in [5.74, 6) is 1.26. The standard InChI is InChI=1S/C18H24N2O/c1-13(2)15-9-7-14(8-10-15)12-17(19-3)16-6-5-11-20-18(16)21-4/h5-11,13,17,19H,12H2,1-4H3. The lowest BCUT2D eigenvalue weighted by Crippen LogP contribution is -2.20. The van der Waals surface area contributed by atoms with Crippen LogP contribution in [-0.4, -0.2) is 19.1 Å². The first kappa shape index (κ1) is 15.5. The minimum absolute atomic E-state index is 0.193. The molecule has 3 heteroatoms. The van der Waals surface area contributed by atoms with Crippen molar-refractivity contribution in [2.75, 3.05) is 14.2 Å². The average Bonchev–Trinajstić information content (AvgIpc) is 2.53. The molecule has 2 aromatic rings. The SMILES string of the molecule is CNC(Cc1ccc(C(C)C)cc1)c1cccnc1OC. The topological polar surface area (TPSA) is 34.2 Å². The molecule has 21 heavy (non-hydrogen) atoms. The van der Waals surface area contributed by atoms with E-state index in [1.807, 2.05) is 13.1 Å². The summed E-state index contributed by atoms with van der Waals surface area (Å²) >= 11 is 0. The van der Waals surface area contributed by atoms with Gasteiger partial charge in [-0.25, -0.2) is 4.98 Å². The van der Waals surface area contributed by atoms with Crippen molar-refractivity contribution in [2.24, 2.45) is 0 Å². The first-order valence-corrected chi connectivity index (χ1v) is 7.40. The molecule has 0 spiro atoms. The molecule has 1 atom stereocenters. The second-order valence-electron chi connectivity index (χ2n) is 5.54. The molecule has 0 aliphatic rings. The molecular formula is C18H24N2O. The van der Waals surface area contributed by atoms with Crippen LogP contribution in [0.3, 0.4) is 0 Å². The van der Waals surface area contributed by atoms with Crippen LogP contribution in [0.1, 0.15) is 42.5 Å². The molecule has 1 unspecified atom stereocenters. The summed E-state index contributed by atoms with van der Waals surface area (Å²) in [6, 6.07) is 13.1. The Morgan fingerprint density at radius 1 is 1.14 bits per heavy atom. The highest BCUT2D eigenvalue weighted by Crippen LogP contribution is 2.25. The molecule has 0 radical (unpaired) electrons. The summed E-state index contributed by atoms with van der Waals surface area (Å²) in [5.41, 5.74) is 3.78. The van der Waals surface area contributed by atoms with Crippen molar-refractivity contribution in [3.8, 4) is 5.88 Å². The van der Waals surface area contributed by atoms with Crippen molar-refractivity contribution in [3.63, 3.8) is 0 Å². The van der Waals surface area contributed by atoms with Gasteiger partial charge in [0.25, 0.3) is 0 Å². The number of rotatable bonds is 6. The van der Waals surface area contributed by atoms with Gasteiger partial charge in [0.15, 0.2) is 0 Å². The summed E-state index contributed by atoms with van der Waals surface area (Å²) < 4.78 is 5.37. The van der Waals surface area contributed by atoms with Crippen molar-refractivity contribution in [2.45, 2.75) is 32.2 Å². The van der Waals surface area contributed by atoms with Gasteiger partial charge in [-0.15, -0.1) is 0 Å². The zero-order valence-corrected chi connectivity index (χ0v) is 13.3. The lowest BCUT2D eigenvalue weighted by molar-refractivity contribution is 0.384. The van der Waals surface area contributed by atoms with Gasteiger partial charge in [0, 0.05) is 17.8 Å². The van der Waals surface area contributed by atoms with Crippen molar-refractivity contribution in [3.05, 3.63) is 59.3 Å². The van der Waals surface area contributed by atoms with Crippen LogP contribution in [0.15, 0.2) is 42.6 Å². The molecule has 1 aromatic heterocycles. The molecule has 0 amide bonds. The fourth-order valence-electron chi connectivity index (χ4n) is 2.48. The smallest absolute Gasteiger partial charge is 0.217 e. The van der Waals surface area contributed by atoms with Crippen LogP contribution in [0, 0.1) is 0 Å². The van der Waals surface area contributed by atoms with Crippen molar-refractivity contribution in [1.82, 2.24) is 10.3 Å². The molecule has 0 fully saturated rings. The van der Waals surface area contributed by atoms with Crippen LogP contribution >= 0.6 is 0 Å². The van der Waals surface area contributed by atoms with E-state index in [1.165, 1.54) is 11.1 Å². The third kappa shape index (κ3) is 3.82. The number of ether oxygens (including phenoxy) is 1. The Hall–Kier alpha value is -1.87. The van der Waals surface area contributed by atoms with E-state index in [0.29, 0.717) is 11.8 Å². The first-order valence-electron chi connectivity index (χ1n) is 7.40. The van der Waals surface area contributed by atoms with E-state index in [0.717, 1.165) is 12.0 Å². The molecule has 1 aromatic carbocycles. The maximum absolute atomic E-state index is 5.37. The number of hydrogen-bond donors (Lipinski definition) is 1. The van der Waals surface area contributed by atoms with Crippen molar-refractivity contribution in [1.29, 1.82) is 0 Å². The largest absolute Gasteiger partial charge is 0.481 e. The van der Waals surface area contributed by atoms with E-state index in [4.69, 9.17) is 4.74 Å². The van der Waals surface area contributed by atoms with E-state index >= 15 is 0 Å². The van der Waals surface area contributed by atoms with Gasteiger partial charge in [0.1, 0.15) is 0 Å². The van der Waals surface area contributed by atoms with Crippen LogP contribution in [0.25, 0.3) is 0 Å². The molecule has 1 heterocycles. The minimum atomic E-state index is 0.193. The van der Waals surface area contributed by atoms with Gasteiger partial charge in [-0.3, -0.25) is 0 Å². The molecule has 0 saturated heterocycles. The summed E-state index contributed by atoms with van der Waals surface area (Å²) in [7, 11) is 3.63. The fraction of sp³-hybridized carbons (Fsp3) is 0.389. The molecule has 3 nitrogen and oxygen atoms in total. The lowest BCUT2D eigenvalue weighted by atomic mass is 9.96. The number of aromatic nitrogens is 1. The molecule has 2 rings (SSSR count). The van der Waals surface area contributed by atoms with Gasteiger partial charge < -0.3 is 10.1 Å². The average molecular weight is 284 g/mol. The Morgan fingerprint density at radius 2 is 1.86 bits per heavy atom. The van der Waals surface area contributed by atoms with Gasteiger partial charge in [-0.2, -0.15) is 0 Å². The molecular weight excluding hydrogens is 260 g/mol. The van der Waals surface area contributed by atoms with E-state index in [-0.39, 0.29) is 6.04 Å². The van der Waals surface area contributed by atoms with Gasteiger partial charge in [0.05, 0.1) is 7.11 Å². The molecule has 0 saturated carbocycles. The van der Waals surface area contributed by atoms with Crippen molar-refractivity contribution >= 4 is 0 Å². The third-order valence-electron chi connectivity index (χ3n) is 3.80. The number of nitrogens with one attached hydrogen (secondary N) is 1. The second kappa shape index (κ2) is 7.23. The maximum atomic E-state index is 5.37. The first-order chi connectivity index (χ1) is 10.2. The zero-order valence-electron chi connectivity index (χ0n) is 13.3. The summed E-state index contributed by atoms with van der Waals surface area (Å²) in [6.07, 6.45) is 2.67. The second-order valence-corrected chi connectivity index (χ2v) is 5.54. The Morgan fingerprint density at radius 3 is 2.43 bits per heavy atom. The number of likely N-dealkylation sites (N-methyl/N-ethyl adjacent to an activating group) is 1. The van der Waals surface area contributed by atoms with Crippen LogP contribution in [0.2, 0.25) is 0 Å². The van der Waals surface area contributed by atoms with Crippen LogP contribution in [-0.2, 0) is 6.42 Å². The van der Waals surface area contributed by atoms with Gasteiger partial charge in [-0.1, -0.05) is 44.2 Å². The maximum Gasteiger partial charge on any atom is 0.217 e. The van der Waals surface area contributed by atoms with E-state index in [1.54, 1.807) is 13.3 Å². The Bertz CT molecular complexity index is 564. The highest BCUT2D eigenvalue weighted by atomic mass is 16.5. The minimum Gasteiger partial charge on any atom is -0.481 e. The molecule has 112 valence electrons.